The molecule has 1 N–H and O–H groups in total. The van der Waals surface area contributed by atoms with Crippen LogP contribution in [0.3, 0.4) is 0 Å². The Labute approximate surface area is 98.6 Å². The van der Waals surface area contributed by atoms with Gasteiger partial charge in [-0.15, -0.1) is 0 Å². The molecule has 0 bridgehead atoms. The molecule has 0 aromatic carbocycles. The van der Waals surface area contributed by atoms with E-state index in [-0.39, 0.29) is 6.04 Å². The van der Waals surface area contributed by atoms with E-state index in [1.165, 1.54) is 19.3 Å². The summed E-state index contributed by atoms with van der Waals surface area (Å²) in [7, 11) is 0. The van der Waals surface area contributed by atoms with Gasteiger partial charge in [-0.3, -0.25) is 10.1 Å². The summed E-state index contributed by atoms with van der Waals surface area (Å²) in [6, 6.07) is 0.555. The first kappa shape index (κ1) is 11.9. The number of hydrogen-bond donors (Lipinski definition) is 1. The summed E-state index contributed by atoms with van der Waals surface area (Å²) in [4.78, 5) is 14.2. The number of carbonyl (C=O) groups excluding carboxylic acids is 1. The highest BCUT2D eigenvalue weighted by Crippen LogP contribution is 2.33. The predicted molar refractivity (Wildman–Crippen MR) is 64.9 cm³/mol. The van der Waals surface area contributed by atoms with Crippen LogP contribution in [0, 0.1) is 11.8 Å². The molecule has 1 aliphatic carbocycles. The molecule has 16 heavy (non-hydrogen) atoms. The molecule has 1 aliphatic heterocycles. The van der Waals surface area contributed by atoms with Crippen molar-refractivity contribution in [1.82, 2.24) is 10.2 Å². The van der Waals surface area contributed by atoms with Crippen molar-refractivity contribution in [3.05, 3.63) is 0 Å². The average Bonchev–Trinajstić information content (AvgIpc) is 2.60. The second-order valence-electron chi connectivity index (χ2n) is 5.59. The second-order valence-corrected chi connectivity index (χ2v) is 5.59. The minimum Gasteiger partial charge on any atom is -0.325 e. The molecule has 3 heteroatoms. The van der Waals surface area contributed by atoms with E-state index < -0.39 is 0 Å². The standard InChI is InChI=1S/C13H24N2O/c1-4-11-13(16)15(8-14-11)12-6-5-9(2)7-10(12)3/h9-12,14H,4-8H2,1-3H3. The number of nitrogens with one attached hydrogen (secondary N) is 1. The maximum absolute atomic E-state index is 12.1. The summed E-state index contributed by atoms with van der Waals surface area (Å²) in [6.45, 7) is 7.46. The van der Waals surface area contributed by atoms with Gasteiger partial charge < -0.3 is 4.90 Å². The second kappa shape index (κ2) is 4.74. The van der Waals surface area contributed by atoms with Crippen LogP contribution in [0.15, 0.2) is 0 Å². The van der Waals surface area contributed by atoms with Crippen molar-refractivity contribution >= 4 is 5.91 Å². The molecular formula is C13H24N2O. The molecular weight excluding hydrogens is 200 g/mol. The van der Waals surface area contributed by atoms with E-state index in [9.17, 15) is 4.79 Å². The lowest BCUT2D eigenvalue weighted by Crippen LogP contribution is -2.44. The smallest absolute Gasteiger partial charge is 0.241 e. The van der Waals surface area contributed by atoms with E-state index in [2.05, 4.69) is 31.0 Å². The Hall–Kier alpha value is -0.570. The molecule has 4 unspecified atom stereocenters. The van der Waals surface area contributed by atoms with Gasteiger partial charge in [0.2, 0.25) is 5.91 Å². The van der Waals surface area contributed by atoms with Crippen molar-refractivity contribution in [3.63, 3.8) is 0 Å². The van der Waals surface area contributed by atoms with Gasteiger partial charge in [-0.25, -0.2) is 0 Å². The molecule has 2 fully saturated rings. The molecule has 1 amide bonds. The zero-order chi connectivity index (χ0) is 11.7. The van der Waals surface area contributed by atoms with Crippen molar-refractivity contribution in [1.29, 1.82) is 0 Å². The summed E-state index contributed by atoms with van der Waals surface area (Å²) < 4.78 is 0. The molecule has 2 aliphatic rings. The van der Waals surface area contributed by atoms with Crippen LogP contribution in [0.4, 0.5) is 0 Å². The van der Waals surface area contributed by atoms with Gasteiger partial charge in [-0.2, -0.15) is 0 Å². The van der Waals surface area contributed by atoms with Gasteiger partial charge >= 0.3 is 0 Å². The maximum atomic E-state index is 12.1. The number of hydrogen-bond acceptors (Lipinski definition) is 2. The van der Waals surface area contributed by atoms with E-state index in [4.69, 9.17) is 0 Å². The Morgan fingerprint density at radius 3 is 2.69 bits per heavy atom. The zero-order valence-electron chi connectivity index (χ0n) is 10.7. The Morgan fingerprint density at radius 2 is 2.12 bits per heavy atom. The van der Waals surface area contributed by atoms with Gasteiger partial charge in [0.05, 0.1) is 12.7 Å². The predicted octanol–water partition coefficient (Wildman–Crippen LogP) is 1.98. The first-order chi connectivity index (χ1) is 7.63. The topological polar surface area (TPSA) is 32.3 Å². The van der Waals surface area contributed by atoms with Crippen LogP contribution in [0.25, 0.3) is 0 Å². The van der Waals surface area contributed by atoms with Crippen molar-refractivity contribution in [2.75, 3.05) is 6.67 Å². The molecule has 0 aromatic heterocycles. The Kier molecular flexibility index (Phi) is 3.53. The molecule has 0 aromatic rings. The van der Waals surface area contributed by atoms with Crippen LogP contribution < -0.4 is 5.32 Å². The first-order valence-electron chi connectivity index (χ1n) is 6.67. The summed E-state index contributed by atoms with van der Waals surface area (Å²) in [5.74, 6) is 1.82. The summed E-state index contributed by atoms with van der Waals surface area (Å²) >= 11 is 0. The molecule has 2 rings (SSSR count). The average molecular weight is 224 g/mol. The molecule has 92 valence electrons. The molecule has 0 spiro atoms. The minimum atomic E-state index is 0.0755. The monoisotopic (exact) mass is 224 g/mol. The maximum Gasteiger partial charge on any atom is 0.241 e. The molecule has 4 atom stereocenters. The lowest BCUT2D eigenvalue weighted by molar-refractivity contribution is -0.132. The van der Waals surface area contributed by atoms with Crippen LogP contribution in [0.2, 0.25) is 0 Å². The normalized spacial score (nSPS) is 40.4. The van der Waals surface area contributed by atoms with Crippen molar-refractivity contribution in [2.45, 2.75) is 58.5 Å². The van der Waals surface area contributed by atoms with E-state index in [0.717, 1.165) is 19.0 Å². The van der Waals surface area contributed by atoms with E-state index in [1.54, 1.807) is 0 Å². The van der Waals surface area contributed by atoms with Crippen LogP contribution >= 0.6 is 0 Å². The number of amides is 1. The highest BCUT2D eigenvalue weighted by atomic mass is 16.2. The van der Waals surface area contributed by atoms with Crippen molar-refractivity contribution < 1.29 is 4.79 Å². The Morgan fingerprint density at radius 1 is 1.38 bits per heavy atom. The van der Waals surface area contributed by atoms with Gasteiger partial charge in [-0.1, -0.05) is 20.8 Å². The SMILES string of the molecule is CCC1NCN(C2CCC(C)CC2C)C1=O. The fourth-order valence-electron chi connectivity index (χ4n) is 3.29. The van der Waals surface area contributed by atoms with Crippen LogP contribution in [-0.4, -0.2) is 29.6 Å². The van der Waals surface area contributed by atoms with Crippen molar-refractivity contribution in [3.8, 4) is 0 Å². The zero-order valence-corrected chi connectivity index (χ0v) is 10.7. The lowest BCUT2D eigenvalue weighted by atomic mass is 9.79. The van der Waals surface area contributed by atoms with Gasteiger partial charge in [-0.05, 0) is 37.5 Å². The third-order valence-electron chi connectivity index (χ3n) is 4.28. The third-order valence-corrected chi connectivity index (χ3v) is 4.28. The van der Waals surface area contributed by atoms with E-state index >= 15 is 0 Å². The summed E-state index contributed by atoms with van der Waals surface area (Å²) in [6.07, 6.45) is 4.64. The molecule has 0 radical (unpaired) electrons. The highest BCUT2D eigenvalue weighted by molar-refractivity contribution is 5.84. The Bertz CT molecular complexity index is 267. The molecule has 1 saturated heterocycles. The molecule has 1 saturated carbocycles. The van der Waals surface area contributed by atoms with Gasteiger partial charge in [0, 0.05) is 6.04 Å². The van der Waals surface area contributed by atoms with E-state index in [0.29, 0.717) is 17.9 Å². The summed E-state index contributed by atoms with van der Waals surface area (Å²) in [5.41, 5.74) is 0. The van der Waals surface area contributed by atoms with Gasteiger partial charge in [0.1, 0.15) is 0 Å². The largest absolute Gasteiger partial charge is 0.325 e. The Balaban J connectivity index is 2.00. The molecule has 1 heterocycles. The van der Waals surface area contributed by atoms with Gasteiger partial charge in [0.25, 0.3) is 0 Å². The van der Waals surface area contributed by atoms with Crippen LogP contribution in [0.1, 0.15) is 46.5 Å². The van der Waals surface area contributed by atoms with Crippen LogP contribution in [-0.2, 0) is 4.79 Å². The minimum absolute atomic E-state index is 0.0755. The quantitative estimate of drug-likeness (QED) is 0.778. The molecule has 3 nitrogen and oxygen atoms in total. The highest BCUT2D eigenvalue weighted by Gasteiger charge is 2.38. The first-order valence-corrected chi connectivity index (χ1v) is 6.67. The fourth-order valence-corrected chi connectivity index (χ4v) is 3.29. The lowest BCUT2D eigenvalue weighted by Gasteiger charge is -2.38. The van der Waals surface area contributed by atoms with Crippen molar-refractivity contribution in [2.24, 2.45) is 11.8 Å². The number of rotatable bonds is 2. The van der Waals surface area contributed by atoms with E-state index in [1.807, 2.05) is 0 Å². The van der Waals surface area contributed by atoms with Gasteiger partial charge in [0.15, 0.2) is 0 Å². The number of nitrogens with zero attached hydrogens (tertiary/aromatic N) is 1. The van der Waals surface area contributed by atoms with Crippen LogP contribution in [0.5, 0.6) is 0 Å². The third kappa shape index (κ3) is 2.10. The number of carbonyl (C=O) groups is 1. The summed E-state index contributed by atoms with van der Waals surface area (Å²) in [5, 5.41) is 3.31. The fraction of sp³-hybridized carbons (Fsp3) is 0.923.